The summed E-state index contributed by atoms with van der Waals surface area (Å²) in [6.07, 6.45) is -3.70. The summed E-state index contributed by atoms with van der Waals surface area (Å²) in [5.41, 5.74) is 0.493. The molecule has 0 saturated carbocycles. The van der Waals surface area contributed by atoms with Gasteiger partial charge in [-0.1, -0.05) is 12.1 Å². The number of rotatable bonds is 5. The first-order valence-corrected chi connectivity index (χ1v) is 9.15. The van der Waals surface area contributed by atoms with Crippen LogP contribution < -0.4 is 14.9 Å². The number of phenolic OH excluding ortho intramolecular Hbond substituents is 1. The second-order valence-electron chi connectivity index (χ2n) is 6.85. The van der Waals surface area contributed by atoms with Gasteiger partial charge >= 0.3 is 0 Å². The van der Waals surface area contributed by atoms with E-state index in [1.807, 2.05) is 0 Å². The molecule has 1 saturated heterocycles. The molecule has 4 rings (SSSR count). The number of benzene rings is 2. The molecule has 3 aromatic rings. The summed E-state index contributed by atoms with van der Waals surface area (Å²) >= 11 is 0. The van der Waals surface area contributed by atoms with Gasteiger partial charge in [0.25, 0.3) is 0 Å². The SMILES string of the molecule is COc1ccc(-c2coc3cc(O[C@H]4O[C@H](CO)[C@@H](O)[C@@H]4O)cc(O)c3c2=O)cc1. The van der Waals surface area contributed by atoms with E-state index in [0.717, 1.165) is 0 Å². The third-order valence-electron chi connectivity index (χ3n) is 4.98. The van der Waals surface area contributed by atoms with E-state index in [2.05, 4.69) is 0 Å². The van der Waals surface area contributed by atoms with Crippen LogP contribution in [-0.4, -0.2) is 58.7 Å². The molecule has 9 nitrogen and oxygen atoms in total. The Morgan fingerprint density at radius 2 is 1.80 bits per heavy atom. The van der Waals surface area contributed by atoms with Crippen molar-refractivity contribution in [2.75, 3.05) is 13.7 Å². The lowest BCUT2D eigenvalue weighted by Crippen LogP contribution is -2.35. The average Bonchev–Trinajstić information content (AvgIpc) is 3.01. The van der Waals surface area contributed by atoms with Crippen LogP contribution in [-0.2, 0) is 4.74 Å². The molecule has 0 aliphatic carbocycles. The minimum Gasteiger partial charge on any atom is -0.507 e. The van der Waals surface area contributed by atoms with Gasteiger partial charge in [-0.25, -0.2) is 0 Å². The molecule has 30 heavy (non-hydrogen) atoms. The van der Waals surface area contributed by atoms with E-state index in [1.54, 1.807) is 24.3 Å². The summed E-state index contributed by atoms with van der Waals surface area (Å²) in [4.78, 5) is 12.9. The molecule has 4 atom stereocenters. The van der Waals surface area contributed by atoms with E-state index in [-0.39, 0.29) is 28.0 Å². The maximum absolute atomic E-state index is 12.9. The molecule has 158 valence electrons. The molecule has 1 aliphatic rings. The fourth-order valence-corrected chi connectivity index (χ4v) is 3.34. The van der Waals surface area contributed by atoms with Crippen LogP contribution >= 0.6 is 0 Å². The van der Waals surface area contributed by atoms with Crippen molar-refractivity contribution in [3.8, 4) is 28.4 Å². The van der Waals surface area contributed by atoms with Gasteiger partial charge in [-0.2, -0.15) is 0 Å². The van der Waals surface area contributed by atoms with Crippen molar-refractivity contribution in [2.45, 2.75) is 24.6 Å². The summed E-state index contributed by atoms with van der Waals surface area (Å²) in [5, 5.41) is 39.3. The van der Waals surface area contributed by atoms with Crippen molar-refractivity contribution in [3.05, 3.63) is 52.9 Å². The second-order valence-corrected chi connectivity index (χ2v) is 6.85. The Labute approximate surface area is 170 Å². The van der Waals surface area contributed by atoms with Crippen LogP contribution in [0, 0.1) is 0 Å². The Balaban J connectivity index is 1.67. The summed E-state index contributed by atoms with van der Waals surface area (Å²) < 4.78 is 21.4. The van der Waals surface area contributed by atoms with Gasteiger partial charge < -0.3 is 39.1 Å². The first-order chi connectivity index (χ1) is 14.4. The predicted molar refractivity (Wildman–Crippen MR) is 105 cm³/mol. The second kappa shape index (κ2) is 7.96. The molecule has 9 heteroatoms. The van der Waals surface area contributed by atoms with Crippen molar-refractivity contribution in [1.82, 2.24) is 0 Å². The maximum Gasteiger partial charge on any atom is 0.229 e. The Kier molecular flexibility index (Phi) is 5.35. The molecule has 2 aromatic carbocycles. The summed E-state index contributed by atoms with van der Waals surface area (Å²) in [6, 6.07) is 9.36. The van der Waals surface area contributed by atoms with Crippen LogP contribution in [0.3, 0.4) is 0 Å². The van der Waals surface area contributed by atoms with Crippen molar-refractivity contribution in [2.24, 2.45) is 0 Å². The highest BCUT2D eigenvalue weighted by molar-refractivity contribution is 5.88. The van der Waals surface area contributed by atoms with E-state index in [0.29, 0.717) is 11.3 Å². The molecule has 0 spiro atoms. The van der Waals surface area contributed by atoms with Gasteiger partial charge in [0.15, 0.2) is 0 Å². The van der Waals surface area contributed by atoms with Crippen LogP contribution in [0.4, 0.5) is 0 Å². The first kappa shape index (κ1) is 20.2. The zero-order valence-corrected chi connectivity index (χ0v) is 15.9. The lowest BCUT2D eigenvalue weighted by molar-refractivity contribution is -0.116. The van der Waals surface area contributed by atoms with Gasteiger partial charge in [0.2, 0.25) is 11.7 Å². The number of hydrogen-bond donors (Lipinski definition) is 4. The van der Waals surface area contributed by atoms with Gasteiger partial charge in [0, 0.05) is 12.1 Å². The number of aliphatic hydroxyl groups excluding tert-OH is 3. The van der Waals surface area contributed by atoms with Crippen LogP contribution in [0.2, 0.25) is 0 Å². The van der Waals surface area contributed by atoms with Crippen LogP contribution in [0.1, 0.15) is 0 Å². The average molecular weight is 416 g/mol. The smallest absolute Gasteiger partial charge is 0.229 e. The fraction of sp³-hybridized carbons (Fsp3) is 0.286. The molecule has 0 bridgehead atoms. The number of aliphatic hydroxyl groups is 3. The van der Waals surface area contributed by atoms with Crippen LogP contribution in [0.15, 0.2) is 51.9 Å². The molecule has 4 N–H and O–H groups in total. The number of hydrogen-bond acceptors (Lipinski definition) is 9. The maximum atomic E-state index is 12.9. The molecule has 0 radical (unpaired) electrons. The van der Waals surface area contributed by atoms with Crippen molar-refractivity contribution >= 4 is 11.0 Å². The van der Waals surface area contributed by atoms with Crippen molar-refractivity contribution in [3.63, 3.8) is 0 Å². The van der Waals surface area contributed by atoms with Crippen molar-refractivity contribution < 1.29 is 39.1 Å². The number of aromatic hydroxyl groups is 1. The van der Waals surface area contributed by atoms with Gasteiger partial charge in [-0.15, -0.1) is 0 Å². The van der Waals surface area contributed by atoms with E-state index < -0.39 is 36.6 Å². The topological polar surface area (TPSA) is 139 Å². The van der Waals surface area contributed by atoms with Gasteiger partial charge in [-0.3, -0.25) is 4.79 Å². The molecule has 2 heterocycles. The molecular weight excluding hydrogens is 396 g/mol. The Hall–Kier alpha value is -3.11. The monoisotopic (exact) mass is 416 g/mol. The lowest BCUT2D eigenvalue weighted by atomic mass is 10.0. The quantitative estimate of drug-likeness (QED) is 0.479. The zero-order valence-electron chi connectivity index (χ0n) is 15.9. The zero-order chi connectivity index (χ0) is 21.4. The van der Waals surface area contributed by atoms with Crippen LogP contribution in [0.25, 0.3) is 22.1 Å². The minimum absolute atomic E-state index is 0.0307. The number of fused-ring (bicyclic) bond motifs is 1. The molecular formula is C21H20O9. The summed E-state index contributed by atoms with van der Waals surface area (Å²) in [6.45, 7) is -0.496. The van der Waals surface area contributed by atoms with Gasteiger partial charge in [-0.05, 0) is 17.7 Å². The largest absolute Gasteiger partial charge is 0.507 e. The highest BCUT2D eigenvalue weighted by atomic mass is 16.7. The normalized spacial score (nSPS) is 23.6. The number of phenols is 1. The van der Waals surface area contributed by atoms with Gasteiger partial charge in [0.05, 0.1) is 19.3 Å². The summed E-state index contributed by atoms with van der Waals surface area (Å²) in [7, 11) is 1.54. The molecule has 1 fully saturated rings. The van der Waals surface area contributed by atoms with Crippen molar-refractivity contribution in [1.29, 1.82) is 0 Å². The van der Waals surface area contributed by atoms with E-state index in [1.165, 1.54) is 25.5 Å². The lowest BCUT2D eigenvalue weighted by Gasteiger charge is -2.17. The van der Waals surface area contributed by atoms with E-state index in [9.17, 15) is 20.1 Å². The highest BCUT2D eigenvalue weighted by Crippen LogP contribution is 2.33. The number of ether oxygens (including phenoxy) is 3. The standard InChI is InChI=1S/C21H20O9/c1-27-11-4-2-10(3-5-11)13-9-28-15-7-12(6-14(23)17(15)18(13)24)29-21-20(26)19(25)16(8-22)30-21/h2-7,9,16,19-23,25-26H,8H2,1H3/t16-,19-,20+,21+/m1/s1. The Bertz CT molecular complexity index is 1110. The third kappa shape index (κ3) is 3.48. The molecule has 1 aliphatic heterocycles. The highest BCUT2D eigenvalue weighted by Gasteiger charge is 2.44. The first-order valence-electron chi connectivity index (χ1n) is 9.15. The fourth-order valence-electron chi connectivity index (χ4n) is 3.34. The minimum atomic E-state index is -1.40. The molecule has 0 unspecified atom stereocenters. The predicted octanol–water partition coefficient (Wildman–Crippen LogP) is 0.992. The molecule has 1 aromatic heterocycles. The van der Waals surface area contributed by atoms with E-state index >= 15 is 0 Å². The Morgan fingerprint density at radius 3 is 2.43 bits per heavy atom. The number of methoxy groups -OCH3 is 1. The van der Waals surface area contributed by atoms with Gasteiger partial charge in [0.1, 0.15) is 52.8 Å². The Morgan fingerprint density at radius 1 is 1.07 bits per heavy atom. The molecule has 0 amide bonds. The summed E-state index contributed by atoms with van der Waals surface area (Å²) in [5.74, 6) is 0.312. The van der Waals surface area contributed by atoms with E-state index in [4.69, 9.17) is 23.7 Å². The van der Waals surface area contributed by atoms with Crippen LogP contribution in [0.5, 0.6) is 17.2 Å². The third-order valence-corrected chi connectivity index (χ3v) is 4.98.